The zero-order valence-corrected chi connectivity index (χ0v) is 10.4. The molecule has 0 aliphatic heterocycles. The summed E-state index contributed by atoms with van der Waals surface area (Å²) in [5, 5.41) is 3.13. The van der Waals surface area contributed by atoms with Crippen LogP contribution in [0.5, 0.6) is 5.75 Å². The molecule has 0 aliphatic rings. The average Bonchev–Trinajstić information content (AvgIpc) is 2.17. The van der Waals surface area contributed by atoms with Gasteiger partial charge in [0, 0.05) is 4.47 Å². The highest BCUT2D eigenvalue weighted by atomic mass is 79.9. The highest BCUT2D eigenvalue weighted by Crippen LogP contribution is 2.26. The topological polar surface area (TPSA) is 21.3 Å². The van der Waals surface area contributed by atoms with Gasteiger partial charge in [-0.15, -0.1) is 0 Å². The van der Waals surface area contributed by atoms with Gasteiger partial charge in [0.1, 0.15) is 5.75 Å². The van der Waals surface area contributed by atoms with Crippen LogP contribution in [0.1, 0.15) is 11.1 Å². The summed E-state index contributed by atoms with van der Waals surface area (Å²) in [6.45, 7) is 3.02. The minimum Gasteiger partial charge on any atom is -0.496 e. The number of nitrogens with one attached hydrogen (secondary N) is 1. The number of rotatable bonds is 4. The molecule has 78 valence electrons. The Hall–Kier alpha value is -0.540. The van der Waals surface area contributed by atoms with Gasteiger partial charge in [0.05, 0.1) is 7.11 Å². The Balaban J connectivity index is 2.92. The van der Waals surface area contributed by atoms with Gasteiger partial charge in [-0.2, -0.15) is 0 Å². The second-order valence-electron chi connectivity index (χ2n) is 3.27. The summed E-state index contributed by atoms with van der Waals surface area (Å²) in [5.41, 5.74) is 2.44. The van der Waals surface area contributed by atoms with Crippen LogP contribution in [0.4, 0.5) is 0 Å². The predicted octanol–water partition coefficient (Wildman–Crippen LogP) is 2.53. The fourth-order valence-corrected chi connectivity index (χ4v) is 2.02. The maximum Gasteiger partial charge on any atom is 0.122 e. The molecule has 0 heterocycles. The van der Waals surface area contributed by atoms with Gasteiger partial charge in [-0.3, -0.25) is 0 Å². The van der Waals surface area contributed by atoms with Gasteiger partial charge < -0.3 is 10.1 Å². The summed E-state index contributed by atoms with van der Waals surface area (Å²) in [5.74, 6) is 0.958. The van der Waals surface area contributed by atoms with Gasteiger partial charge >= 0.3 is 0 Å². The van der Waals surface area contributed by atoms with Gasteiger partial charge in [0.2, 0.25) is 0 Å². The van der Waals surface area contributed by atoms with Crippen LogP contribution in [0.3, 0.4) is 0 Å². The molecular formula is C11H16BrNO. The third kappa shape index (κ3) is 2.72. The molecule has 0 amide bonds. The molecule has 1 N–H and O–H groups in total. The molecule has 1 aromatic carbocycles. The third-order valence-electron chi connectivity index (χ3n) is 2.21. The lowest BCUT2D eigenvalue weighted by Crippen LogP contribution is -2.10. The van der Waals surface area contributed by atoms with Gasteiger partial charge in [0.15, 0.2) is 0 Å². The minimum absolute atomic E-state index is 0.958. The van der Waals surface area contributed by atoms with Crippen molar-refractivity contribution >= 4 is 15.9 Å². The smallest absolute Gasteiger partial charge is 0.122 e. The number of hydrogen-bond acceptors (Lipinski definition) is 2. The molecule has 0 fully saturated rings. The summed E-state index contributed by atoms with van der Waals surface area (Å²) in [6.07, 6.45) is 1.01. The molecule has 0 spiro atoms. The maximum absolute atomic E-state index is 5.28. The minimum atomic E-state index is 0.958. The van der Waals surface area contributed by atoms with Crippen LogP contribution >= 0.6 is 15.9 Å². The second kappa shape index (κ2) is 5.37. The van der Waals surface area contributed by atoms with Crippen molar-refractivity contribution in [3.63, 3.8) is 0 Å². The van der Waals surface area contributed by atoms with E-state index in [0.29, 0.717) is 0 Å². The summed E-state index contributed by atoms with van der Waals surface area (Å²) in [4.78, 5) is 0. The quantitative estimate of drug-likeness (QED) is 0.896. The van der Waals surface area contributed by atoms with Gasteiger partial charge in [-0.05, 0) is 50.2 Å². The van der Waals surface area contributed by atoms with Crippen LogP contribution in [0.25, 0.3) is 0 Å². The van der Waals surface area contributed by atoms with Crippen molar-refractivity contribution in [3.05, 3.63) is 27.7 Å². The summed E-state index contributed by atoms with van der Waals surface area (Å²) < 4.78 is 6.44. The lowest BCUT2D eigenvalue weighted by atomic mass is 10.1. The molecule has 1 aromatic rings. The summed E-state index contributed by atoms with van der Waals surface area (Å²) in [6, 6.07) is 4.20. The molecule has 0 saturated carbocycles. The lowest BCUT2D eigenvalue weighted by Gasteiger charge is -2.10. The Bertz CT molecular complexity index is 312. The number of methoxy groups -OCH3 is 1. The van der Waals surface area contributed by atoms with Crippen LogP contribution in [0, 0.1) is 6.92 Å². The number of hydrogen-bond donors (Lipinski definition) is 1. The van der Waals surface area contributed by atoms with Gasteiger partial charge in [0.25, 0.3) is 0 Å². The lowest BCUT2D eigenvalue weighted by molar-refractivity contribution is 0.411. The second-order valence-corrected chi connectivity index (χ2v) is 4.12. The average molecular weight is 258 g/mol. The van der Waals surface area contributed by atoms with E-state index in [0.717, 1.165) is 28.8 Å². The number of ether oxygens (including phenoxy) is 1. The van der Waals surface area contributed by atoms with E-state index in [-0.39, 0.29) is 0 Å². The summed E-state index contributed by atoms with van der Waals surface area (Å²) in [7, 11) is 3.66. The first-order chi connectivity index (χ1) is 6.69. The van der Waals surface area contributed by atoms with Crippen molar-refractivity contribution in [3.8, 4) is 5.75 Å². The molecule has 0 unspecified atom stereocenters. The monoisotopic (exact) mass is 257 g/mol. The maximum atomic E-state index is 5.28. The van der Waals surface area contributed by atoms with Crippen molar-refractivity contribution in [2.45, 2.75) is 13.3 Å². The number of likely N-dealkylation sites (N-methyl/N-ethyl adjacent to an activating group) is 1. The molecular weight excluding hydrogens is 242 g/mol. The Morgan fingerprint density at radius 3 is 2.71 bits per heavy atom. The van der Waals surface area contributed by atoms with Crippen molar-refractivity contribution in [1.82, 2.24) is 5.32 Å². The Morgan fingerprint density at radius 1 is 1.43 bits per heavy atom. The van der Waals surface area contributed by atoms with Crippen molar-refractivity contribution in [2.75, 3.05) is 20.7 Å². The van der Waals surface area contributed by atoms with E-state index in [2.05, 4.69) is 33.4 Å². The highest BCUT2D eigenvalue weighted by molar-refractivity contribution is 9.10. The molecule has 1 rings (SSSR count). The van der Waals surface area contributed by atoms with Crippen LogP contribution in [0.2, 0.25) is 0 Å². The number of halogens is 1. The van der Waals surface area contributed by atoms with Crippen molar-refractivity contribution < 1.29 is 4.74 Å². The van der Waals surface area contributed by atoms with Crippen LogP contribution in [0.15, 0.2) is 16.6 Å². The van der Waals surface area contributed by atoms with E-state index in [9.17, 15) is 0 Å². The Kier molecular flexibility index (Phi) is 4.42. The molecule has 14 heavy (non-hydrogen) atoms. The molecule has 0 bridgehead atoms. The van der Waals surface area contributed by atoms with E-state index in [1.54, 1.807) is 7.11 Å². The molecule has 3 heteroatoms. The van der Waals surface area contributed by atoms with E-state index in [4.69, 9.17) is 4.74 Å². The Labute approximate surface area is 93.8 Å². The fourth-order valence-electron chi connectivity index (χ4n) is 1.37. The van der Waals surface area contributed by atoms with E-state index in [1.807, 2.05) is 14.0 Å². The normalized spacial score (nSPS) is 10.3. The first-order valence-electron chi connectivity index (χ1n) is 4.66. The van der Waals surface area contributed by atoms with Gasteiger partial charge in [-0.1, -0.05) is 15.9 Å². The zero-order valence-electron chi connectivity index (χ0n) is 8.86. The fraction of sp³-hybridized carbons (Fsp3) is 0.455. The van der Waals surface area contributed by atoms with E-state index < -0.39 is 0 Å². The SMILES string of the molecule is CNCCc1cc(OC)c(C)cc1Br. The summed E-state index contributed by atoms with van der Waals surface area (Å²) >= 11 is 3.56. The van der Waals surface area contributed by atoms with Crippen molar-refractivity contribution in [1.29, 1.82) is 0 Å². The first-order valence-corrected chi connectivity index (χ1v) is 5.46. The predicted molar refractivity (Wildman–Crippen MR) is 63.1 cm³/mol. The van der Waals surface area contributed by atoms with Gasteiger partial charge in [-0.25, -0.2) is 0 Å². The number of benzene rings is 1. The van der Waals surface area contributed by atoms with E-state index >= 15 is 0 Å². The van der Waals surface area contributed by atoms with Crippen LogP contribution in [-0.2, 0) is 6.42 Å². The standard InChI is InChI=1S/C11H16BrNO/c1-8-6-10(12)9(4-5-13-2)7-11(8)14-3/h6-7,13H,4-5H2,1-3H3. The van der Waals surface area contributed by atoms with Crippen LogP contribution in [-0.4, -0.2) is 20.7 Å². The molecule has 0 aliphatic carbocycles. The van der Waals surface area contributed by atoms with Crippen LogP contribution < -0.4 is 10.1 Å². The van der Waals surface area contributed by atoms with E-state index in [1.165, 1.54) is 5.56 Å². The molecule has 0 atom stereocenters. The zero-order chi connectivity index (χ0) is 10.6. The molecule has 0 saturated heterocycles. The molecule has 2 nitrogen and oxygen atoms in total. The number of aryl methyl sites for hydroxylation is 1. The first kappa shape index (κ1) is 11.5. The third-order valence-corrected chi connectivity index (χ3v) is 2.95. The molecule has 0 aromatic heterocycles. The van der Waals surface area contributed by atoms with Crippen molar-refractivity contribution in [2.24, 2.45) is 0 Å². The largest absolute Gasteiger partial charge is 0.496 e. The Morgan fingerprint density at radius 2 is 2.14 bits per heavy atom. The highest BCUT2D eigenvalue weighted by Gasteiger charge is 2.05. The molecule has 0 radical (unpaired) electrons.